The van der Waals surface area contributed by atoms with E-state index in [0.29, 0.717) is 17.4 Å². The summed E-state index contributed by atoms with van der Waals surface area (Å²) in [6, 6.07) is 9.82. The molecule has 1 unspecified atom stereocenters. The van der Waals surface area contributed by atoms with Crippen LogP contribution in [0.5, 0.6) is 0 Å². The fraction of sp³-hybridized carbons (Fsp3) is 0.435. The monoisotopic (exact) mass is 392 g/mol. The van der Waals surface area contributed by atoms with Crippen LogP contribution in [0.2, 0.25) is 0 Å². The van der Waals surface area contributed by atoms with Gasteiger partial charge in [0.1, 0.15) is 6.04 Å². The van der Waals surface area contributed by atoms with Crippen molar-refractivity contribution in [3.63, 3.8) is 0 Å². The number of nitrogens with one attached hydrogen (secondary N) is 1. The molecule has 0 radical (unpaired) electrons. The van der Waals surface area contributed by atoms with Crippen LogP contribution in [0, 0.1) is 26.7 Å². The Morgan fingerprint density at radius 2 is 1.93 bits per heavy atom. The quantitative estimate of drug-likeness (QED) is 0.655. The van der Waals surface area contributed by atoms with Crippen molar-refractivity contribution < 1.29 is 9.32 Å². The summed E-state index contributed by atoms with van der Waals surface area (Å²) >= 11 is 0. The summed E-state index contributed by atoms with van der Waals surface area (Å²) in [4.78, 5) is 17.7. The fourth-order valence-corrected chi connectivity index (χ4v) is 3.79. The van der Waals surface area contributed by atoms with Crippen molar-refractivity contribution in [3.8, 4) is 5.69 Å². The zero-order chi connectivity index (χ0) is 20.7. The second kappa shape index (κ2) is 7.50. The number of aryl methyl sites for hydroxylation is 2. The van der Waals surface area contributed by atoms with Gasteiger partial charge in [-0.25, -0.2) is 0 Å². The van der Waals surface area contributed by atoms with Gasteiger partial charge in [-0.2, -0.15) is 4.98 Å². The van der Waals surface area contributed by atoms with Crippen LogP contribution in [-0.4, -0.2) is 20.6 Å². The van der Waals surface area contributed by atoms with E-state index in [-0.39, 0.29) is 17.9 Å². The molecule has 6 heteroatoms. The van der Waals surface area contributed by atoms with Crippen LogP contribution < -0.4 is 5.32 Å². The maximum Gasteiger partial charge on any atom is 0.253 e. The minimum absolute atomic E-state index is 0.122. The third-order valence-corrected chi connectivity index (χ3v) is 5.65. The molecule has 0 aliphatic heterocycles. The summed E-state index contributed by atoms with van der Waals surface area (Å²) in [7, 11) is 0. The van der Waals surface area contributed by atoms with Crippen molar-refractivity contribution in [2.45, 2.75) is 59.4 Å². The minimum Gasteiger partial charge on any atom is -0.340 e. The number of benzene rings is 1. The number of carbonyl (C=O) groups excluding carboxylic acids is 1. The van der Waals surface area contributed by atoms with Crippen molar-refractivity contribution in [3.05, 3.63) is 64.6 Å². The number of nitrogens with zero attached hydrogens (tertiary/aromatic N) is 3. The van der Waals surface area contributed by atoms with E-state index in [2.05, 4.69) is 39.1 Å². The zero-order valence-electron chi connectivity index (χ0n) is 17.7. The van der Waals surface area contributed by atoms with Gasteiger partial charge in [0.15, 0.2) is 5.82 Å². The highest BCUT2D eigenvalue weighted by Gasteiger charge is 2.32. The summed E-state index contributed by atoms with van der Waals surface area (Å²) in [6.45, 7) is 10.2. The molecule has 1 N–H and O–H groups in total. The van der Waals surface area contributed by atoms with Crippen LogP contribution in [0.3, 0.4) is 0 Å². The average Bonchev–Trinajstić information content (AvgIpc) is 3.34. The van der Waals surface area contributed by atoms with Crippen molar-refractivity contribution in [2.24, 2.45) is 5.92 Å². The van der Waals surface area contributed by atoms with Gasteiger partial charge in [0.05, 0.1) is 5.56 Å². The van der Waals surface area contributed by atoms with E-state index in [9.17, 15) is 4.79 Å². The van der Waals surface area contributed by atoms with Gasteiger partial charge in [-0.15, -0.1) is 0 Å². The van der Waals surface area contributed by atoms with Crippen molar-refractivity contribution in [1.82, 2.24) is 20.0 Å². The summed E-state index contributed by atoms with van der Waals surface area (Å²) < 4.78 is 7.62. The molecule has 0 saturated heterocycles. The summed E-state index contributed by atoms with van der Waals surface area (Å²) in [5.41, 5.74) is 4.86. The molecular weight excluding hydrogens is 364 g/mol. The van der Waals surface area contributed by atoms with Gasteiger partial charge >= 0.3 is 0 Å². The molecule has 1 fully saturated rings. The molecule has 1 atom stereocenters. The predicted octanol–water partition coefficient (Wildman–Crippen LogP) is 4.79. The van der Waals surface area contributed by atoms with Crippen LogP contribution in [0.1, 0.15) is 77.7 Å². The van der Waals surface area contributed by atoms with Gasteiger partial charge < -0.3 is 14.4 Å². The van der Waals surface area contributed by atoms with Gasteiger partial charge in [0, 0.05) is 23.0 Å². The third-order valence-electron chi connectivity index (χ3n) is 5.65. The lowest BCUT2D eigenvalue weighted by atomic mass is 10.0. The van der Waals surface area contributed by atoms with Gasteiger partial charge in [-0.3, -0.25) is 4.79 Å². The Labute approximate surface area is 171 Å². The van der Waals surface area contributed by atoms with Crippen LogP contribution >= 0.6 is 0 Å². The molecule has 2 aromatic heterocycles. The van der Waals surface area contributed by atoms with Crippen molar-refractivity contribution >= 4 is 5.91 Å². The number of para-hydroxylation sites is 1. The van der Waals surface area contributed by atoms with Crippen LogP contribution in [0.4, 0.5) is 0 Å². The van der Waals surface area contributed by atoms with Crippen molar-refractivity contribution in [1.29, 1.82) is 0 Å². The lowest BCUT2D eigenvalue weighted by Gasteiger charge is -2.18. The first kappa shape index (κ1) is 19.4. The Morgan fingerprint density at radius 3 is 2.59 bits per heavy atom. The summed E-state index contributed by atoms with van der Waals surface area (Å²) in [6.07, 6.45) is 2.23. The van der Waals surface area contributed by atoms with Crippen molar-refractivity contribution in [2.75, 3.05) is 0 Å². The van der Waals surface area contributed by atoms with E-state index < -0.39 is 0 Å². The van der Waals surface area contributed by atoms with Crippen LogP contribution in [0.25, 0.3) is 5.69 Å². The highest BCUT2D eigenvalue weighted by atomic mass is 16.5. The molecule has 1 amide bonds. The number of amides is 1. The summed E-state index contributed by atoms with van der Waals surface area (Å²) in [5, 5.41) is 7.23. The first-order valence-corrected chi connectivity index (χ1v) is 10.3. The van der Waals surface area contributed by atoms with E-state index in [4.69, 9.17) is 4.52 Å². The molecule has 3 aromatic rings. The molecule has 29 heavy (non-hydrogen) atoms. The Kier molecular flexibility index (Phi) is 5.03. The van der Waals surface area contributed by atoms with Gasteiger partial charge in [0.25, 0.3) is 5.91 Å². The summed E-state index contributed by atoms with van der Waals surface area (Å²) in [5.74, 6) is 1.68. The Balaban J connectivity index is 1.61. The van der Waals surface area contributed by atoms with Gasteiger partial charge in [-0.05, 0) is 57.2 Å². The molecule has 1 aromatic carbocycles. The normalized spacial score (nSPS) is 15.0. The lowest BCUT2D eigenvalue weighted by Crippen LogP contribution is -2.32. The molecular formula is C23H28N4O2. The Morgan fingerprint density at radius 1 is 1.21 bits per heavy atom. The largest absolute Gasteiger partial charge is 0.340 e. The number of carbonyl (C=O) groups is 1. The van der Waals surface area contributed by atoms with Crippen LogP contribution in [0.15, 0.2) is 34.9 Å². The maximum absolute atomic E-state index is 13.2. The molecule has 1 saturated carbocycles. The number of rotatable bonds is 6. The number of hydrogen-bond acceptors (Lipinski definition) is 4. The second-order valence-electron chi connectivity index (χ2n) is 8.37. The van der Waals surface area contributed by atoms with Crippen LogP contribution in [-0.2, 0) is 0 Å². The molecule has 1 aliphatic rings. The van der Waals surface area contributed by atoms with E-state index in [0.717, 1.165) is 35.7 Å². The molecule has 6 nitrogen and oxygen atoms in total. The smallest absolute Gasteiger partial charge is 0.253 e. The number of hydrogen-bond donors (Lipinski definition) is 1. The molecule has 4 rings (SSSR count). The highest BCUT2D eigenvalue weighted by molar-refractivity contribution is 5.96. The fourth-order valence-electron chi connectivity index (χ4n) is 3.79. The van der Waals surface area contributed by atoms with E-state index >= 15 is 0 Å². The minimum atomic E-state index is -0.316. The first-order valence-electron chi connectivity index (χ1n) is 10.3. The Hall–Kier alpha value is -2.89. The molecule has 0 spiro atoms. The predicted molar refractivity (Wildman–Crippen MR) is 111 cm³/mol. The zero-order valence-corrected chi connectivity index (χ0v) is 17.7. The standard InChI is InChI=1S/C23H28N4O2/c1-13(2)20(23-25-21(26-29-23)17-10-11-17)24-22(28)18-12-15(4)27(16(18)5)19-9-7-6-8-14(19)3/h6-9,12-13,17,20H,10-11H2,1-5H3,(H,24,28). The topological polar surface area (TPSA) is 73.0 Å². The Bertz CT molecular complexity index is 1040. The average molecular weight is 393 g/mol. The SMILES string of the molecule is Cc1ccccc1-n1c(C)cc(C(=O)NC(c2nc(C3CC3)no2)C(C)C)c1C. The molecule has 0 bridgehead atoms. The number of aromatic nitrogens is 3. The molecule has 2 heterocycles. The molecule has 1 aliphatic carbocycles. The first-order chi connectivity index (χ1) is 13.9. The highest BCUT2D eigenvalue weighted by Crippen LogP contribution is 2.38. The van der Waals surface area contributed by atoms with E-state index in [1.807, 2.05) is 45.9 Å². The second-order valence-corrected chi connectivity index (χ2v) is 8.37. The lowest BCUT2D eigenvalue weighted by molar-refractivity contribution is 0.0913. The van der Waals surface area contributed by atoms with E-state index in [1.165, 1.54) is 5.56 Å². The van der Waals surface area contributed by atoms with Gasteiger partial charge in [-0.1, -0.05) is 37.2 Å². The van der Waals surface area contributed by atoms with Gasteiger partial charge in [0.2, 0.25) is 5.89 Å². The maximum atomic E-state index is 13.2. The third kappa shape index (κ3) is 3.71. The van der Waals surface area contributed by atoms with E-state index in [1.54, 1.807) is 0 Å². The molecule has 152 valence electrons.